The second kappa shape index (κ2) is 7.44. The molecule has 0 atom stereocenters. The Labute approximate surface area is 142 Å². The molecule has 0 radical (unpaired) electrons. The highest BCUT2D eigenvalue weighted by Crippen LogP contribution is 2.30. The topological polar surface area (TPSA) is 102 Å². The van der Waals surface area contributed by atoms with Crippen molar-refractivity contribution in [3.8, 4) is 17.6 Å². The summed E-state index contributed by atoms with van der Waals surface area (Å²) in [6.07, 6.45) is 0. The number of esters is 1. The molecule has 7 nitrogen and oxygen atoms in total. The van der Waals surface area contributed by atoms with Crippen molar-refractivity contribution in [2.75, 3.05) is 6.61 Å². The molecular formula is C16H11ClN2O5. The van der Waals surface area contributed by atoms with Crippen LogP contribution >= 0.6 is 11.6 Å². The average Bonchev–Trinajstić information content (AvgIpc) is 2.56. The number of nitriles is 1. The number of nitro groups is 1. The van der Waals surface area contributed by atoms with Crippen LogP contribution in [0.25, 0.3) is 0 Å². The molecule has 0 heterocycles. The van der Waals surface area contributed by atoms with Crippen LogP contribution in [0.15, 0.2) is 36.4 Å². The van der Waals surface area contributed by atoms with Gasteiger partial charge in [-0.05, 0) is 31.2 Å². The molecule has 0 fully saturated rings. The predicted molar refractivity (Wildman–Crippen MR) is 85.4 cm³/mol. The van der Waals surface area contributed by atoms with E-state index < -0.39 is 16.6 Å². The zero-order valence-corrected chi connectivity index (χ0v) is 13.2. The lowest BCUT2D eigenvalue weighted by Crippen LogP contribution is -2.10. The SMILES string of the molecule is CCOc1cc(C#N)ccc1OC(=O)c1ccc(Cl)c([N+](=O)[O-])c1. The molecule has 2 rings (SSSR count). The van der Waals surface area contributed by atoms with Crippen molar-refractivity contribution in [1.82, 2.24) is 0 Å². The number of rotatable bonds is 5. The quantitative estimate of drug-likeness (QED) is 0.353. The molecule has 0 aliphatic rings. The summed E-state index contributed by atoms with van der Waals surface area (Å²) in [6.45, 7) is 2.05. The van der Waals surface area contributed by atoms with Gasteiger partial charge < -0.3 is 9.47 Å². The van der Waals surface area contributed by atoms with Crippen LogP contribution in [0.5, 0.6) is 11.5 Å². The molecule has 0 aliphatic heterocycles. The Morgan fingerprint density at radius 3 is 2.67 bits per heavy atom. The van der Waals surface area contributed by atoms with Crippen molar-refractivity contribution in [3.63, 3.8) is 0 Å². The van der Waals surface area contributed by atoms with Gasteiger partial charge in [0.2, 0.25) is 0 Å². The van der Waals surface area contributed by atoms with Gasteiger partial charge in [0.1, 0.15) is 5.02 Å². The van der Waals surface area contributed by atoms with Crippen LogP contribution in [0.1, 0.15) is 22.8 Å². The molecule has 0 spiro atoms. The van der Waals surface area contributed by atoms with Crippen molar-refractivity contribution < 1.29 is 19.2 Å². The molecule has 0 aliphatic carbocycles. The average molecular weight is 347 g/mol. The van der Waals surface area contributed by atoms with E-state index in [9.17, 15) is 14.9 Å². The van der Waals surface area contributed by atoms with Crippen LogP contribution < -0.4 is 9.47 Å². The maximum Gasteiger partial charge on any atom is 0.343 e. The summed E-state index contributed by atoms with van der Waals surface area (Å²) in [7, 11) is 0. The third-order valence-corrected chi connectivity index (χ3v) is 3.27. The molecule has 0 aromatic heterocycles. The molecule has 0 saturated carbocycles. The van der Waals surface area contributed by atoms with E-state index in [1.165, 1.54) is 30.3 Å². The van der Waals surface area contributed by atoms with Gasteiger partial charge in [-0.2, -0.15) is 5.26 Å². The molecular weight excluding hydrogens is 336 g/mol. The van der Waals surface area contributed by atoms with Gasteiger partial charge in [0.15, 0.2) is 11.5 Å². The van der Waals surface area contributed by atoms with Gasteiger partial charge in [-0.3, -0.25) is 10.1 Å². The highest BCUT2D eigenvalue weighted by Gasteiger charge is 2.19. The molecule has 2 aromatic rings. The van der Waals surface area contributed by atoms with Gasteiger partial charge >= 0.3 is 5.97 Å². The summed E-state index contributed by atoms with van der Waals surface area (Å²) in [6, 6.07) is 9.89. The molecule has 0 unspecified atom stereocenters. The summed E-state index contributed by atoms with van der Waals surface area (Å²) in [5.74, 6) is -0.466. The summed E-state index contributed by atoms with van der Waals surface area (Å²) >= 11 is 5.71. The molecule has 0 saturated heterocycles. The van der Waals surface area contributed by atoms with Crippen molar-refractivity contribution in [3.05, 3.63) is 62.7 Å². The second-order valence-corrected chi connectivity index (χ2v) is 4.93. The number of halogens is 1. The number of nitrogens with zero attached hydrogens (tertiary/aromatic N) is 2. The highest BCUT2D eigenvalue weighted by molar-refractivity contribution is 6.32. The molecule has 0 N–H and O–H groups in total. The number of carbonyl (C=O) groups excluding carboxylic acids is 1. The monoisotopic (exact) mass is 346 g/mol. The molecule has 24 heavy (non-hydrogen) atoms. The van der Waals surface area contributed by atoms with Crippen LogP contribution in [0.2, 0.25) is 5.02 Å². The summed E-state index contributed by atoms with van der Waals surface area (Å²) in [5.41, 5.74) is -0.0748. The molecule has 0 bridgehead atoms. The molecule has 8 heteroatoms. The fraction of sp³-hybridized carbons (Fsp3) is 0.125. The summed E-state index contributed by atoms with van der Waals surface area (Å²) < 4.78 is 10.6. The van der Waals surface area contributed by atoms with Crippen molar-refractivity contribution in [2.24, 2.45) is 0 Å². The van der Waals surface area contributed by atoms with E-state index in [4.69, 9.17) is 26.3 Å². The third kappa shape index (κ3) is 3.80. The first-order valence-corrected chi connectivity index (χ1v) is 7.17. The van der Waals surface area contributed by atoms with E-state index in [-0.39, 0.29) is 22.1 Å². The number of hydrogen-bond acceptors (Lipinski definition) is 6. The summed E-state index contributed by atoms with van der Waals surface area (Å²) in [5, 5.41) is 19.7. The fourth-order valence-corrected chi connectivity index (χ4v) is 2.06. The Morgan fingerprint density at radius 1 is 1.29 bits per heavy atom. The van der Waals surface area contributed by atoms with Crippen molar-refractivity contribution >= 4 is 23.3 Å². The van der Waals surface area contributed by atoms with Gasteiger partial charge in [-0.25, -0.2) is 4.79 Å². The van der Waals surface area contributed by atoms with E-state index in [0.717, 1.165) is 6.07 Å². The number of nitro benzene ring substituents is 1. The van der Waals surface area contributed by atoms with E-state index in [2.05, 4.69) is 0 Å². The minimum atomic E-state index is -0.805. The first-order valence-electron chi connectivity index (χ1n) is 6.79. The van der Waals surface area contributed by atoms with Gasteiger partial charge in [0, 0.05) is 12.1 Å². The Morgan fingerprint density at radius 2 is 2.04 bits per heavy atom. The highest BCUT2D eigenvalue weighted by atomic mass is 35.5. The molecule has 2 aromatic carbocycles. The minimum absolute atomic E-state index is 0.0297. The van der Waals surface area contributed by atoms with E-state index in [1.807, 2.05) is 6.07 Å². The fourth-order valence-electron chi connectivity index (χ4n) is 1.87. The van der Waals surface area contributed by atoms with E-state index >= 15 is 0 Å². The lowest BCUT2D eigenvalue weighted by molar-refractivity contribution is -0.384. The Balaban J connectivity index is 2.31. The van der Waals surface area contributed by atoms with Crippen molar-refractivity contribution in [2.45, 2.75) is 6.92 Å². The normalized spacial score (nSPS) is 9.88. The van der Waals surface area contributed by atoms with Gasteiger partial charge in [0.05, 0.1) is 28.7 Å². The zero-order valence-electron chi connectivity index (χ0n) is 12.5. The lowest BCUT2D eigenvalue weighted by Gasteiger charge is -2.11. The lowest BCUT2D eigenvalue weighted by atomic mass is 10.2. The first-order chi connectivity index (χ1) is 11.5. The van der Waals surface area contributed by atoms with Gasteiger partial charge in [-0.15, -0.1) is 0 Å². The predicted octanol–water partition coefficient (Wildman–Crippen LogP) is 3.74. The van der Waals surface area contributed by atoms with Crippen LogP contribution in [0.4, 0.5) is 5.69 Å². The number of ether oxygens (including phenoxy) is 2. The zero-order chi connectivity index (χ0) is 17.7. The van der Waals surface area contributed by atoms with E-state index in [0.29, 0.717) is 12.2 Å². The van der Waals surface area contributed by atoms with Crippen LogP contribution in [-0.2, 0) is 0 Å². The maximum absolute atomic E-state index is 12.2. The van der Waals surface area contributed by atoms with Crippen LogP contribution in [0, 0.1) is 21.4 Å². The Hall–Kier alpha value is -3.11. The Bertz CT molecular complexity index is 845. The largest absolute Gasteiger partial charge is 0.490 e. The van der Waals surface area contributed by atoms with Gasteiger partial charge in [-0.1, -0.05) is 11.6 Å². The minimum Gasteiger partial charge on any atom is -0.490 e. The smallest absolute Gasteiger partial charge is 0.343 e. The number of benzene rings is 2. The maximum atomic E-state index is 12.2. The number of hydrogen-bond donors (Lipinski definition) is 0. The van der Waals surface area contributed by atoms with Crippen molar-refractivity contribution in [1.29, 1.82) is 5.26 Å². The van der Waals surface area contributed by atoms with E-state index in [1.54, 1.807) is 6.92 Å². The standard InChI is InChI=1S/C16H11ClN2O5/c1-2-23-15-7-10(9-18)3-6-14(15)24-16(20)11-4-5-12(17)13(8-11)19(21)22/h3-8H,2H2,1H3. The third-order valence-electron chi connectivity index (χ3n) is 2.95. The second-order valence-electron chi connectivity index (χ2n) is 4.52. The summed E-state index contributed by atoms with van der Waals surface area (Å²) in [4.78, 5) is 22.4. The van der Waals surface area contributed by atoms with Gasteiger partial charge in [0.25, 0.3) is 5.69 Å². The van der Waals surface area contributed by atoms with Crippen LogP contribution in [0.3, 0.4) is 0 Å². The molecule has 122 valence electrons. The number of carbonyl (C=O) groups is 1. The van der Waals surface area contributed by atoms with Crippen LogP contribution in [-0.4, -0.2) is 17.5 Å². The molecule has 0 amide bonds. The Kier molecular flexibility index (Phi) is 5.35. The first kappa shape index (κ1) is 17.2.